The monoisotopic (exact) mass is 327 g/mol. The van der Waals surface area contributed by atoms with Crippen LogP contribution in [-0.2, 0) is 6.42 Å². The number of ether oxygens (including phenoxy) is 1. The number of hydrogen-bond acceptors (Lipinski definition) is 3. The van der Waals surface area contributed by atoms with Gasteiger partial charge in [-0.3, -0.25) is 4.99 Å². The van der Waals surface area contributed by atoms with E-state index in [2.05, 4.69) is 23.3 Å². The third kappa shape index (κ3) is 5.93. The van der Waals surface area contributed by atoms with Gasteiger partial charge in [0.2, 0.25) is 0 Å². The molecule has 0 saturated carbocycles. The Morgan fingerprint density at radius 3 is 2.79 bits per heavy atom. The van der Waals surface area contributed by atoms with Crippen molar-refractivity contribution in [3.8, 4) is 5.75 Å². The van der Waals surface area contributed by atoms with Crippen molar-refractivity contribution in [3.63, 3.8) is 0 Å². The summed E-state index contributed by atoms with van der Waals surface area (Å²) in [6.07, 6.45) is 0.245. The molecule has 24 heavy (non-hydrogen) atoms. The number of aryl methyl sites for hydroxylation is 2. The summed E-state index contributed by atoms with van der Waals surface area (Å²) in [4.78, 5) is 4.16. The molecule has 128 valence electrons. The van der Waals surface area contributed by atoms with Crippen LogP contribution in [0.2, 0.25) is 0 Å². The Hall–Kier alpha value is -2.53. The molecule has 0 aliphatic heterocycles. The minimum atomic E-state index is -0.715. The Balaban J connectivity index is 1.80. The molecule has 5 nitrogen and oxygen atoms in total. The van der Waals surface area contributed by atoms with Crippen molar-refractivity contribution in [2.75, 3.05) is 18.5 Å². The van der Waals surface area contributed by atoms with Crippen LogP contribution < -0.4 is 15.8 Å². The van der Waals surface area contributed by atoms with Crippen molar-refractivity contribution >= 4 is 11.6 Å². The molecule has 0 aliphatic carbocycles. The van der Waals surface area contributed by atoms with Gasteiger partial charge in [-0.05, 0) is 48.7 Å². The number of aliphatic hydroxyl groups is 1. The zero-order valence-electron chi connectivity index (χ0n) is 14.2. The second kappa shape index (κ2) is 8.93. The zero-order valence-corrected chi connectivity index (χ0v) is 14.2. The number of hydrogen-bond donors (Lipinski definition) is 3. The molecule has 0 aliphatic rings. The molecule has 1 unspecified atom stereocenters. The highest BCUT2D eigenvalue weighted by Crippen LogP contribution is 2.13. The average Bonchev–Trinajstić information content (AvgIpc) is 2.58. The maximum atomic E-state index is 9.96. The number of anilines is 1. The van der Waals surface area contributed by atoms with Crippen molar-refractivity contribution < 1.29 is 9.84 Å². The number of nitrogens with one attached hydrogen (secondary N) is 1. The van der Waals surface area contributed by atoms with Gasteiger partial charge in [0.1, 0.15) is 18.5 Å². The van der Waals surface area contributed by atoms with E-state index in [0.29, 0.717) is 0 Å². The quantitative estimate of drug-likeness (QED) is 0.539. The first kappa shape index (κ1) is 17.8. The average molecular weight is 327 g/mol. The number of nitrogens with two attached hydrogens (primary N) is 1. The molecule has 0 fully saturated rings. The summed E-state index contributed by atoms with van der Waals surface area (Å²) >= 11 is 0. The number of rotatable bonds is 7. The van der Waals surface area contributed by atoms with Gasteiger partial charge < -0.3 is 20.9 Å². The SMILES string of the molecule is CCc1cccc(NC(N)=NCC(O)COc2cccc(C)c2)c1. The molecule has 5 heteroatoms. The van der Waals surface area contributed by atoms with Crippen LogP contribution in [0.3, 0.4) is 0 Å². The van der Waals surface area contributed by atoms with Crippen LogP contribution in [0, 0.1) is 6.92 Å². The van der Waals surface area contributed by atoms with Gasteiger partial charge in [0.25, 0.3) is 0 Å². The zero-order chi connectivity index (χ0) is 17.4. The first-order valence-electron chi connectivity index (χ1n) is 8.10. The van der Waals surface area contributed by atoms with Crippen LogP contribution in [0.15, 0.2) is 53.5 Å². The maximum absolute atomic E-state index is 9.96. The van der Waals surface area contributed by atoms with Crippen molar-refractivity contribution in [1.29, 1.82) is 0 Å². The Morgan fingerprint density at radius 2 is 2.04 bits per heavy atom. The van der Waals surface area contributed by atoms with E-state index in [1.807, 2.05) is 49.4 Å². The molecule has 0 bridgehead atoms. The van der Waals surface area contributed by atoms with Crippen LogP contribution in [0.1, 0.15) is 18.1 Å². The first-order valence-corrected chi connectivity index (χ1v) is 8.10. The molecule has 0 saturated heterocycles. The summed E-state index contributed by atoms with van der Waals surface area (Å²) < 4.78 is 5.55. The van der Waals surface area contributed by atoms with E-state index in [-0.39, 0.29) is 19.1 Å². The van der Waals surface area contributed by atoms with E-state index in [1.54, 1.807) is 0 Å². The molecule has 4 N–H and O–H groups in total. The standard InChI is InChI=1S/C19H25N3O2/c1-3-15-7-5-8-16(11-15)22-19(20)21-12-17(23)13-24-18-9-4-6-14(2)10-18/h4-11,17,23H,3,12-13H2,1-2H3,(H3,20,21,22). The van der Waals surface area contributed by atoms with Crippen LogP contribution in [0.4, 0.5) is 5.69 Å². The van der Waals surface area contributed by atoms with Gasteiger partial charge in [0.15, 0.2) is 5.96 Å². The lowest BCUT2D eigenvalue weighted by molar-refractivity contribution is 0.114. The summed E-state index contributed by atoms with van der Waals surface area (Å²) in [7, 11) is 0. The predicted octanol–water partition coefficient (Wildman–Crippen LogP) is 2.72. The van der Waals surface area contributed by atoms with Gasteiger partial charge in [-0.25, -0.2) is 0 Å². The minimum Gasteiger partial charge on any atom is -0.491 e. The number of aliphatic imine (C=N–C) groups is 1. The molecule has 0 amide bonds. The molecule has 1 atom stereocenters. The van der Waals surface area contributed by atoms with Crippen LogP contribution in [-0.4, -0.2) is 30.3 Å². The smallest absolute Gasteiger partial charge is 0.193 e. The molecule has 2 rings (SSSR count). The van der Waals surface area contributed by atoms with Gasteiger partial charge in [-0.2, -0.15) is 0 Å². The second-order valence-electron chi connectivity index (χ2n) is 5.69. The lowest BCUT2D eigenvalue weighted by atomic mass is 10.1. The Bertz CT molecular complexity index is 686. The van der Waals surface area contributed by atoms with E-state index in [9.17, 15) is 5.11 Å². The van der Waals surface area contributed by atoms with E-state index in [4.69, 9.17) is 10.5 Å². The second-order valence-corrected chi connectivity index (χ2v) is 5.69. The molecular weight excluding hydrogens is 302 g/mol. The van der Waals surface area contributed by atoms with E-state index >= 15 is 0 Å². The van der Waals surface area contributed by atoms with E-state index in [0.717, 1.165) is 23.4 Å². The lowest BCUT2D eigenvalue weighted by Gasteiger charge is -2.12. The molecule has 0 heterocycles. The third-order valence-electron chi connectivity index (χ3n) is 3.51. The molecule has 2 aromatic carbocycles. The highest BCUT2D eigenvalue weighted by Gasteiger charge is 2.05. The van der Waals surface area contributed by atoms with Crippen molar-refractivity contribution in [2.45, 2.75) is 26.4 Å². The summed E-state index contributed by atoms with van der Waals surface area (Å²) in [5.41, 5.74) is 9.08. The summed E-state index contributed by atoms with van der Waals surface area (Å²) in [6, 6.07) is 15.7. The lowest BCUT2D eigenvalue weighted by Crippen LogP contribution is -2.27. The van der Waals surface area contributed by atoms with Gasteiger partial charge in [-0.1, -0.05) is 31.2 Å². The van der Waals surface area contributed by atoms with Crippen LogP contribution in [0.5, 0.6) is 5.75 Å². The Morgan fingerprint density at radius 1 is 1.25 bits per heavy atom. The van der Waals surface area contributed by atoms with Crippen molar-refractivity contribution in [1.82, 2.24) is 0 Å². The topological polar surface area (TPSA) is 79.9 Å². The predicted molar refractivity (Wildman–Crippen MR) is 98.6 cm³/mol. The fourth-order valence-electron chi connectivity index (χ4n) is 2.21. The maximum Gasteiger partial charge on any atom is 0.193 e. The van der Waals surface area contributed by atoms with Crippen molar-refractivity contribution in [2.24, 2.45) is 10.7 Å². The van der Waals surface area contributed by atoms with Crippen molar-refractivity contribution in [3.05, 3.63) is 59.7 Å². The number of nitrogens with zero attached hydrogens (tertiary/aromatic N) is 1. The van der Waals surface area contributed by atoms with Gasteiger partial charge in [0.05, 0.1) is 6.54 Å². The van der Waals surface area contributed by atoms with Gasteiger partial charge >= 0.3 is 0 Å². The molecule has 0 spiro atoms. The fraction of sp³-hybridized carbons (Fsp3) is 0.316. The summed E-state index contributed by atoms with van der Waals surface area (Å²) in [5, 5.41) is 13.0. The highest BCUT2D eigenvalue weighted by atomic mass is 16.5. The third-order valence-corrected chi connectivity index (χ3v) is 3.51. The van der Waals surface area contributed by atoms with E-state index in [1.165, 1.54) is 5.56 Å². The molecule has 0 aromatic heterocycles. The van der Waals surface area contributed by atoms with Crippen LogP contribution in [0.25, 0.3) is 0 Å². The summed E-state index contributed by atoms with van der Waals surface area (Å²) in [5.74, 6) is 1.01. The Labute approximate surface area is 143 Å². The largest absolute Gasteiger partial charge is 0.491 e. The van der Waals surface area contributed by atoms with E-state index < -0.39 is 6.10 Å². The number of aliphatic hydroxyl groups excluding tert-OH is 1. The molecule has 2 aromatic rings. The number of guanidine groups is 1. The first-order chi connectivity index (χ1) is 11.6. The molecule has 0 radical (unpaired) electrons. The molecular formula is C19H25N3O2. The summed E-state index contributed by atoms with van der Waals surface area (Å²) in [6.45, 7) is 4.44. The van der Waals surface area contributed by atoms with Crippen LogP contribution >= 0.6 is 0 Å². The van der Waals surface area contributed by atoms with Gasteiger partial charge in [-0.15, -0.1) is 0 Å². The Kier molecular flexibility index (Phi) is 6.63. The number of benzene rings is 2. The van der Waals surface area contributed by atoms with Gasteiger partial charge in [0, 0.05) is 5.69 Å². The highest BCUT2D eigenvalue weighted by molar-refractivity contribution is 5.92. The normalized spacial score (nSPS) is 12.7. The fourth-order valence-corrected chi connectivity index (χ4v) is 2.21. The minimum absolute atomic E-state index is 0.172.